The molecule has 0 radical (unpaired) electrons. The molecule has 1 aromatic carbocycles. The fourth-order valence-electron chi connectivity index (χ4n) is 2.80. The summed E-state index contributed by atoms with van der Waals surface area (Å²) in [4.78, 5) is 14.2. The first-order valence-corrected chi connectivity index (χ1v) is 7.83. The topological polar surface area (TPSA) is 76.2 Å². The number of aryl methyl sites for hydroxylation is 1. The van der Waals surface area contributed by atoms with Crippen LogP contribution in [0.15, 0.2) is 47.5 Å². The molecule has 1 unspecified atom stereocenters. The molecule has 0 aliphatic rings. The van der Waals surface area contributed by atoms with E-state index in [-0.39, 0.29) is 12.1 Å². The Hall–Kier alpha value is -2.51. The number of rotatable bonds is 6. The fraction of sp³-hybridized carbons (Fsp3) is 0.353. The largest absolute Gasteiger partial charge is 0.390 e. The highest BCUT2D eigenvalue weighted by Gasteiger charge is 2.14. The van der Waals surface area contributed by atoms with Crippen molar-refractivity contribution in [1.82, 2.24) is 24.5 Å². The Morgan fingerprint density at radius 1 is 1.21 bits per heavy atom. The predicted molar refractivity (Wildman–Crippen MR) is 91.6 cm³/mol. The van der Waals surface area contributed by atoms with Crippen LogP contribution in [0.5, 0.6) is 0 Å². The van der Waals surface area contributed by atoms with Crippen molar-refractivity contribution in [2.75, 3.05) is 13.6 Å². The zero-order valence-corrected chi connectivity index (χ0v) is 13.8. The van der Waals surface area contributed by atoms with E-state index in [1.807, 2.05) is 30.1 Å². The van der Waals surface area contributed by atoms with Crippen molar-refractivity contribution in [2.45, 2.75) is 19.2 Å². The standard InChI is InChI=1S/C17H21N5O2/c1-20(10-13-6-4-3-5-7-13)11-15(23)12-22-16-14(9-19-22)8-18-21(2)17(16)24/h3-9,15,23H,10-12H2,1-2H3. The zero-order valence-electron chi connectivity index (χ0n) is 13.8. The smallest absolute Gasteiger partial charge is 0.292 e. The van der Waals surface area contributed by atoms with Gasteiger partial charge in [-0.1, -0.05) is 30.3 Å². The lowest BCUT2D eigenvalue weighted by molar-refractivity contribution is 0.105. The number of benzene rings is 1. The summed E-state index contributed by atoms with van der Waals surface area (Å²) in [5.74, 6) is 0. The van der Waals surface area contributed by atoms with E-state index in [4.69, 9.17) is 0 Å². The molecule has 0 saturated heterocycles. The second-order valence-corrected chi connectivity index (χ2v) is 6.04. The second kappa shape index (κ2) is 6.94. The number of aliphatic hydroxyl groups excluding tert-OH is 1. The molecule has 7 nitrogen and oxygen atoms in total. The van der Waals surface area contributed by atoms with Crippen molar-refractivity contribution in [3.63, 3.8) is 0 Å². The summed E-state index contributed by atoms with van der Waals surface area (Å²) in [5.41, 5.74) is 1.45. The minimum absolute atomic E-state index is 0.213. The van der Waals surface area contributed by atoms with Crippen molar-refractivity contribution in [3.05, 3.63) is 58.6 Å². The average molecular weight is 327 g/mol. The van der Waals surface area contributed by atoms with Crippen LogP contribution in [0.4, 0.5) is 0 Å². The Morgan fingerprint density at radius 3 is 2.67 bits per heavy atom. The van der Waals surface area contributed by atoms with Crippen LogP contribution in [0.3, 0.4) is 0 Å². The Kier molecular flexibility index (Phi) is 4.73. The fourth-order valence-corrected chi connectivity index (χ4v) is 2.80. The molecule has 0 bridgehead atoms. The van der Waals surface area contributed by atoms with Gasteiger partial charge in [-0.15, -0.1) is 0 Å². The molecular weight excluding hydrogens is 306 g/mol. The number of aromatic nitrogens is 4. The van der Waals surface area contributed by atoms with E-state index < -0.39 is 6.10 Å². The van der Waals surface area contributed by atoms with Crippen LogP contribution < -0.4 is 5.56 Å². The molecule has 0 saturated carbocycles. The van der Waals surface area contributed by atoms with Gasteiger partial charge in [-0.25, -0.2) is 4.68 Å². The Bertz CT molecular complexity index is 872. The van der Waals surface area contributed by atoms with Gasteiger partial charge in [0.15, 0.2) is 0 Å². The van der Waals surface area contributed by atoms with Crippen LogP contribution in [0.1, 0.15) is 5.56 Å². The molecule has 0 fully saturated rings. The minimum Gasteiger partial charge on any atom is -0.390 e. The number of aliphatic hydroxyl groups is 1. The highest BCUT2D eigenvalue weighted by atomic mass is 16.3. The third kappa shape index (κ3) is 3.52. The maximum atomic E-state index is 12.2. The third-order valence-corrected chi connectivity index (χ3v) is 3.94. The lowest BCUT2D eigenvalue weighted by Crippen LogP contribution is -2.33. The molecule has 7 heteroatoms. The Morgan fingerprint density at radius 2 is 1.92 bits per heavy atom. The summed E-state index contributed by atoms with van der Waals surface area (Å²) in [6.45, 7) is 1.51. The second-order valence-electron chi connectivity index (χ2n) is 6.04. The average Bonchev–Trinajstić information content (AvgIpc) is 2.95. The van der Waals surface area contributed by atoms with Gasteiger partial charge in [-0.05, 0) is 12.6 Å². The number of likely N-dealkylation sites (N-methyl/N-ethyl adjacent to an activating group) is 1. The van der Waals surface area contributed by atoms with Gasteiger partial charge in [0.2, 0.25) is 0 Å². The molecule has 0 spiro atoms. The lowest BCUT2D eigenvalue weighted by Gasteiger charge is -2.20. The summed E-state index contributed by atoms with van der Waals surface area (Å²) in [7, 11) is 3.56. The van der Waals surface area contributed by atoms with E-state index in [1.165, 1.54) is 10.2 Å². The van der Waals surface area contributed by atoms with Gasteiger partial charge in [0.25, 0.3) is 5.56 Å². The first-order chi connectivity index (χ1) is 11.5. The maximum Gasteiger partial charge on any atom is 0.292 e. The van der Waals surface area contributed by atoms with Crippen LogP contribution in [0.2, 0.25) is 0 Å². The normalized spacial score (nSPS) is 12.8. The number of fused-ring (bicyclic) bond motifs is 1. The van der Waals surface area contributed by atoms with Gasteiger partial charge in [0.05, 0.1) is 25.0 Å². The summed E-state index contributed by atoms with van der Waals surface area (Å²) in [6.07, 6.45) is 2.58. The first-order valence-electron chi connectivity index (χ1n) is 7.83. The molecule has 0 aliphatic carbocycles. The van der Waals surface area contributed by atoms with E-state index in [2.05, 4.69) is 22.3 Å². The van der Waals surface area contributed by atoms with E-state index in [1.54, 1.807) is 24.1 Å². The van der Waals surface area contributed by atoms with Crippen molar-refractivity contribution in [2.24, 2.45) is 7.05 Å². The van der Waals surface area contributed by atoms with Crippen LogP contribution in [0, 0.1) is 0 Å². The number of hydrogen-bond acceptors (Lipinski definition) is 5. The van der Waals surface area contributed by atoms with Gasteiger partial charge in [-0.3, -0.25) is 14.4 Å². The van der Waals surface area contributed by atoms with E-state index >= 15 is 0 Å². The number of nitrogens with zero attached hydrogens (tertiary/aromatic N) is 5. The van der Waals surface area contributed by atoms with Crippen LogP contribution in [0.25, 0.3) is 10.9 Å². The van der Waals surface area contributed by atoms with E-state index in [9.17, 15) is 9.90 Å². The summed E-state index contributed by atoms with van der Waals surface area (Å²) < 4.78 is 2.83. The van der Waals surface area contributed by atoms with E-state index in [0.29, 0.717) is 17.4 Å². The van der Waals surface area contributed by atoms with Gasteiger partial charge in [0.1, 0.15) is 5.52 Å². The molecule has 2 aromatic heterocycles. The summed E-state index contributed by atoms with van der Waals surface area (Å²) in [5, 5.41) is 19.2. The van der Waals surface area contributed by atoms with Crippen LogP contribution >= 0.6 is 0 Å². The SMILES string of the molecule is CN(Cc1ccccc1)CC(O)Cn1ncc2cnn(C)c(=O)c21. The summed E-state index contributed by atoms with van der Waals surface area (Å²) in [6, 6.07) is 10.1. The molecule has 2 heterocycles. The predicted octanol–water partition coefficient (Wildman–Crippen LogP) is 0.623. The highest BCUT2D eigenvalue weighted by Crippen LogP contribution is 2.09. The summed E-state index contributed by atoms with van der Waals surface area (Å²) >= 11 is 0. The molecule has 1 atom stereocenters. The highest BCUT2D eigenvalue weighted by molar-refractivity contribution is 5.76. The first kappa shape index (κ1) is 16.4. The van der Waals surface area contributed by atoms with Crippen molar-refractivity contribution in [3.8, 4) is 0 Å². The van der Waals surface area contributed by atoms with E-state index in [0.717, 1.165) is 6.54 Å². The Labute approximate surface area is 139 Å². The zero-order chi connectivity index (χ0) is 17.1. The lowest BCUT2D eigenvalue weighted by atomic mass is 10.2. The maximum absolute atomic E-state index is 12.2. The van der Waals surface area contributed by atoms with Crippen LogP contribution in [-0.4, -0.2) is 49.3 Å². The van der Waals surface area contributed by atoms with Crippen molar-refractivity contribution in [1.29, 1.82) is 0 Å². The molecule has 1 N–H and O–H groups in total. The van der Waals surface area contributed by atoms with Gasteiger partial charge in [-0.2, -0.15) is 10.2 Å². The molecular formula is C17H21N5O2. The molecule has 24 heavy (non-hydrogen) atoms. The van der Waals surface area contributed by atoms with Gasteiger partial charge >= 0.3 is 0 Å². The molecule has 126 valence electrons. The molecule has 3 rings (SSSR count). The quantitative estimate of drug-likeness (QED) is 0.718. The molecule has 3 aromatic rings. The Balaban J connectivity index is 1.68. The van der Waals surface area contributed by atoms with Gasteiger partial charge in [0, 0.05) is 25.5 Å². The van der Waals surface area contributed by atoms with Crippen molar-refractivity contribution >= 4 is 10.9 Å². The van der Waals surface area contributed by atoms with Crippen LogP contribution in [-0.2, 0) is 20.1 Å². The molecule has 0 amide bonds. The van der Waals surface area contributed by atoms with Gasteiger partial charge < -0.3 is 5.11 Å². The molecule has 0 aliphatic heterocycles. The minimum atomic E-state index is -0.625. The van der Waals surface area contributed by atoms with Crippen molar-refractivity contribution < 1.29 is 5.11 Å². The number of hydrogen-bond donors (Lipinski definition) is 1. The monoisotopic (exact) mass is 327 g/mol. The third-order valence-electron chi connectivity index (χ3n) is 3.94.